The van der Waals surface area contributed by atoms with E-state index >= 15 is 0 Å². The van der Waals surface area contributed by atoms with Gasteiger partial charge in [-0.25, -0.2) is 18.8 Å². The van der Waals surface area contributed by atoms with Crippen molar-refractivity contribution in [3.05, 3.63) is 41.4 Å². The minimum Gasteiger partial charge on any atom is -0.341 e. The number of carbonyl (C=O) groups excluding carboxylic acids is 2. The van der Waals surface area contributed by atoms with E-state index in [1.54, 1.807) is 13.1 Å². The summed E-state index contributed by atoms with van der Waals surface area (Å²) in [6, 6.07) is 1.05. The Morgan fingerprint density at radius 1 is 1.06 bits per heavy atom. The summed E-state index contributed by atoms with van der Waals surface area (Å²) in [7, 11) is 0. The maximum Gasteiger partial charge on any atom is 0.249 e. The average Bonchev–Trinajstić information content (AvgIpc) is 3.40. The smallest absolute Gasteiger partial charge is 0.249 e. The lowest BCUT2D eigenvalue weighted by Crippen LogP contribution is -2.42. The summed E-state index contributed by atoms with van der Waals surface area (Å²) in [5.74, 6) is -1.04. The van der Waals surface area contributed by atoms with E-state index in [9.17, 15) is 18.4 Å². The lowest BCUT2D eigenvalue weighted by molar-refractivity contribution is -0.182. The van der Waals surface area contributed by atoms with Crippen molar-refractivity contribution in [3.8, 4) is 0 Å². The van der Waals surface area contributed by atoms with Gasteiger partial charge in [0.25, 0.3) is 0 Å². The number of halogens is 2. The number of piperidine rings is 1. The predicted octanol–water partition coefficient (Wildman–Crippen LogP) is 3.10. The molecule has 0 bridgehead atoms. The van der Waals surface area contributed by atoms with Crippen LogP contribution in [0.4, 0.5) is 20.5 Å². The van der Waals surface area contributed by atoms with Crippen molar-refractivity contribution in [3.63, 3.8) is 0 Å². The molecule has 11 heteroatoms. The average molecular weight is 499 g/mol. The quantitative estimate of drug-likeness (QED) is 0.640. The number of amides is 2. The Morgan fingerprint density at radius 2 is 1.83 bits per heavy atom. The van der Waals surface area contributed by atoms with E-state index in [0.717, 1.165) is 25.5 Å². The summed E-state index contributed by atoms with van der Waals surface area (Å²) in [5, 5.41) is 1.38. The standard InChI is InChI=1S/C25H28F2N6O3/c1-15-18(26)12-17(13-28-15)20-4-11-36-33(20)22(34)16-2-8-31(9-3-16)24-29-14-19(27)21(30-24)32-10-7-25(5-6-25)23(32)35/h12-14,16,20H,2-11H2,1H3/t20-/m0/s1. The highest BCUT2D eigenvalue weighted by molar-refractivity contribution is 6.01. The maximum absolute atomic E-state index is 14.6. The molecule has 1 atom stereocenters. The van der Waals surface area contributed by atoms with E-state index in [1.807, 2.05) is 4.90 Å². The van der Waals surface area contributed by atoms with Crippen molar-refractivity contribution in [2.75, 3.05) is 36.0 Å². The van der Waals surface area contributed by atoms with E-state index in [-0.39, 0.29) is 35.0 Å². The molecule has 5 heterocycles. The van der Waals surface area contributed by atoms with Gasteiger partial charge in [-0.05, 0) is 50.7 Å². The Labute approximate surface area is 207 Å². The molecule has 1 saturated carbocycles. The third-order valence-corrected chi connectivity index (χ3v) is 8.01. The second-order valence-electron chi connectivity index (χ2n) is 10.2. The molecule has 190 valence electrons. The second-order valence-corrected chi connectivity index (χ2v) is 10.2. The molecular formula is C25H28F2N6O3. The van der Waals surface area contributed by atoms with E-state index in [2.05, 4.69) is 15.0 Å². The number of hydrogen-bond donors (Lipinski definition) is 0. The maximum atomic E-state index is 14.6. The fraction of sp³-hybridized carbons (Fsp3) is 0.560. The molecule has 1 spiro atoms. The third-order valence-electron chi connectivity index (χ3n) is 8.01. The molecule has 4 aliphatic rings. The van der Waals surface area contributed by atoms with Crippen LogP contribution >= 0.6 is 0 Å². The summed E-state index contributed by atoms with van der Waals surface area (Å²) in [6.45, 7) is 3.48. The van der Waals surface area contributed by atoms with E-state index in [4.69, 9.17) is 4.84 Å². The Balaban J connectivity index is 1.12. The van der Waals surface area contributed by atoms with Crippen LogP contribution in [0.5, 0.6) is 0 Å². The van der Waals surface area contributed by atoms with Crippen LogP contribution in [0.25, 0.3) is 0 Å². The number of aryl methyl sites for hydroxylation is 1. The van der Waals surface area contributed by atoms with Crippen molar-refractivity contribution < 1.29 is 23.2 Å². The first-order valence-corrected chi connectivity index (χ1v) is 12.5. The highest BCUT2D eigenvalue weighted by Crippen LogP contribution is 2.54. The Hall–Kier alpha value is -3.21. The first-order chi connectivity index (χ1) is 17.4. The number of hydroxylamine groups is 2. The van der Waals surface area contributed by atoms with Gasteiger partial charge in [0.1, 0.15) is 5.82 Å². The molecule has 4 fully saturated rings. The lowest BCUT2D eigenvalue weighted by Gasteiger charge is -2.34. The minimum absolute atomic E-state index is 0.0409. The predicted molar refractivity (Wildman–Crippen MR) is 125 cm³/mol. The Bertz CT molecular complexity index is 1210. The molecule has 0 unspecified atom stereocenters. The van der Waals surface area contributed by atoms with Crippen molar-refractivity contribution >= 4 is 23.6 Å². The zero-order valence-electron chi connectivity index (χ0n) is 20.1. The fourth-order valence-corrected chi connectivity index (χ4v) is 5.53. The number of pyridine rings is 1. The first-order valence-electron chi connectivity index (χ1n) is 12.5. The summed E-state index contributed by atoms with van der Waals surface area (Å²) >= 11 is 0. The SMILES string of the molecule is Cc1ncc([C@@H]2CCON2C(=O)C2CCN(c3ncc(F)c(N4CCC5(CC5)C4=O)n3)CC2)cc1F. The molecule has 3 aliphatic heterocycles. The summed E-state index contributed by atoms with van der Waals surface area (Å²) in [5.41, 5.74) is 0.639. The molecular weight excluding hydrogens is 470 g/mol. The second kappa shape index (κ2) is 8.72. The van der Waals surface area contributed by atoms with Gasteiger partial charge in [0.05, 0.1) is 30.0 Å². The summed E-state index contributed by atoms with van der Waals surface area (Å²) in [6.07, 6.45) is 6.86. The van der Waals surface area contributed by atoms with Crippen molar-refractivity contribution in [1.82, 2.24) is 20.0 Å². The molecule has 36 heavy (non-hydrogen) atoms. The zero-order chi connectivity index (χ0) is 25.0. The molecule has 2 aromatic heterocycles. The van der Waals surface area contributed by atoms with Crippen LogP contribution < -0.4 is 9.80 Å². The molecule has 1 aliphatic carbocycles. The first kappa shape index (κ1) is 23.2. The largest absolute Gasteiger partial charge is 0.341 e. The zero-order valence-corrected chi connectivity index (χ0v) is 20.1. The van der Waals surface area contributed by atoms with E-state index in [0.29, 0.717) is 62.7 Å². The van der Waals surface area contributed by atoms with Crippen LogP contribution in [-0.2, 0) is 14.4 Å². The fourth-order valence-electron chi connectivity index (χ4n) is 5.53. The monoisotopic (exact) mass is 498 g/mol. The van der Waals surface area contributed by atoms with Crippen LogP contribution in [0.1, 0.15) is 55.8 Å². The number of hydrogen-bond acceptors (Lipinski definition) is 7. The molecule has 9 nitrogen and oxygen atoms in total. The van der Waals surface area contributed by atoms with Gasteiger partial charge < -0.3 is 4.90 Å². The number of rotatable bonds is 4. The number of aromatic nitrogens is 3. The van der Waals surface area contributed by atoms with Gasteiger partial charge in [-0.3, -0.25) is 24.3 Å². The van der Waals surface area contributed by atoms with Gasteiger partial charge in [-0.2, -0.15) is 4.98 Å². The van der Waals surface area contributed by atoms with Gasteiger partial charge in [-0.15, -0.1) is 0 Å². The van der Waals surface area contributed by atoms with Crippen molar-refractivity contribution in [2.45, 2.75) is 51.5 Å². The minimum atomic E-state index is -0.603. The molecule has 3 saturated heterocycles. The van der Waals surface area contributed by atoms with Crippen LogP contribution in [0.2, 0.25) is 0 Å². The molecule has 2 amide bonds. The van der Waals surface area contributed by atoms with Gasteiger partial charge >= 0.3 is 0 Å². The van der Waals surface area contributed by atoms with Gasteiger partial charge in [-0.1, -0.05) is 0 Å². The lowest BCUT2D eigenvalue weighted by atomic mass is 9.95. The van der Waals surface area contributed by atoms with Crippen LogP contribution in [0.3, 0.4) is 0 Å². The topological polar surface area (TPSA) is 91.8 Å². The number of anilines is 2. The van der Waals surface area contributed by atoms with Crippen molar-refractivity contribution in [1.29, 1.82) is 0 Å². The van der Waals surface area contributed by atoms with Gasteiger partial charge in [0, 0.05) is 38.2 Å². The normalized spacial score (nSPS) is 23.7. The molecule has 0 N–H and O–H groups in total. The van der Waals surface area contributed by atoms with Crippen LogP contribution in [0.15, 0.2) is 18.5 Å². The van der Waals surface area contributed by atoms with Crippen LogP contribution in [-0.4, -0.2) is 58.1 Å². The Kier molecular flexibility index (Phi) is 5.62. The molecule has 0 aromatic carbocycles. The molecule has 6 rings (SSSR count). The third kappa shape index (κ3) is 3.89. The van der Waals surface area contributed by atoms with Crippen LogP contribution in [0, 0.1) is 29.9 Å². The Morgan fingerprint density at radius 3 is 2.53 bits per heavy atom. The summed E-state index contributed by atoms with van der Waals surface area (Å²) < 4.78 is 28.6. The van der Waals surface area contributed by atoms with E-state index in [1.165, 1.54) is 16.0 Å². The number of carbonyl (C=O) groups is 2. The molecule has 2 aromatic rings. The highest BCUT2D eigenvalue weighted by Gasteiger charge is 2.56. The van der Waals surface area contributed by atoms with Crippen molar-refractivity contribution in [2.24, 2.45) is 11.3 Å². The van der Waals surface area contributed by atoms with E-state index < -0.39 is 11.6 Å². The highest BCUT2D eigenvalue weighted by atomic mass is 19.1. The number of nitrogens with zero attached hydrogens (tertiary/aromatic N) is 6. The summed E-state index contributed by atoms with van der Waals surface area (Å²) in [4.78, 5) is 47.7. The van der Waals surface area contributed by atoms with Gasteiger partial charge in [0.15, 0.2) is 11.6 Å². The molecule has 0 radical (unpaired) electrons. The van der Waals surface area contributed by atoms with Gasteiger partial charge in [0.2, 0.25) is 17.8 Å².